The lowest BCUT2D eigenvalue weighted by Gasteiger charge is -2.04. The Morgan fingerprint density at radius 2 is 2.00 bits per heavy atom. The smallest absolute Gasteiger partial charge is 0.339 e. The maximum Gasteiger partial charge on any atom is 0.339 e. The van der Waals surface area contributed by atoms with Gasteiger partial charge in [-0.3, -0.25) is 0 Å². The molecule has 0 aliphatic carbocycles. The minimum absolute atomic E-state index is 0.0480. The number of carboxylic acids is 1. The lowest BCUT2D eigenvalue weighted by Crippen LogP contribution is -2.05. The van der Waals surface area contributed by atoms with Gasteiger partial charge >= 0.3 is 5.97 Å². The third kappa shape index (κ3) is 3.28. The van der Waals surface area contributed by atoms with Crippen molar-refractivity contribution in [3.05, 3.63) is 29.8 Å². The van der Waals surface area contributed by atoms with Gasteiger partial charge in [0.25, 0.3) is 0 Å². The molecule has 0 radical (unpaired) electrons. The summed E-state index contributed by atoms with van der Waals surface area (Å²) in [7, 11) is 0. The molecule has 5 N–H and O–H groups in total. The topological polar surface area (TPSA) is 141 Å². The van der Waals surface area contributed by atoms with E-state index in [4.69, 9.17) is 16.6 Å². The summed E-state index contributed by atoms with van der Waals surface area (Å²) >= 11 is 1.20. The molecule has 0 amide bonds. The fourth-order valence-corrected chi connectivity index (χ4v) is 2.14. The van der Waals surface area contributed by atoms with E-state index in [9.17, 15) is 4.79 Å². The number of anilines is 2. The highest BCUT2D eigenvalue weighted by atomic mass is 32.2. The van der Waals surface area contributed by atoms with Crippen molar-refractivity contribution in [2.24, 2.45) is 0 Å². The molecule has 2 aromatic heterocycles. The number of aromatic nitrogens is 4. The summed E-state index contributed by atoms with van der Waals surface area (Å²) in [6.07, 6.45) is 2.54. The number of nitrogens with two attached hydrogens (primary N) is 2. The number of hydrogen-bond donors (Lipinski definition) is 3. The lowest BCUT2D eigenvalue weighted by atomic mass is 10.2. The lowest BCUT2D eigenvalue weighted by molar-refractivity contribution is 0.0695. The number of nitrogens with zero attached hydrogens (tertiary/aromatic N) is 4. The van der Waals surface area contributed by atoms with Crippen molar-refractivity contribution in [1.82, 2.24) is 19.9 Å². The van der Waals surface area contributed by atoms with E-state index in [1.54, 1.807) is 0 Å². The van der Waals surface area contributed by atoms with E-state index in [1.807, 2.05) is 0 Å². The minimum Gasteiger partial charge on any atom is -0.478 e. The normalized spacial score (nSPS) is 10.3. The molecule has 0 aliphatic heterocycles. The second-order valence-corrected chi connectivity index (χ2v) is 4.42. The number of hydrogen-bond acceptors (Lipinski definition) is 8. The summed E-state index contributed by atoms with van der Waals surface area (Å²) in [6.45, 7) is 0. The van der Waals surface area contributed by atoms with Crippen LogP contribution >= 0.6 is 11.8 Å². The molecule has 0 saturated carbocycles. The van der Waals surface area contributed by atoms with Crippen molar-refractivity contribution in [3.63, 3.8) is 0 Å². The molecule has 0 saturated heterocycles. The first-order valence-corrected chi connectivity index (χ1v) is 6.10. The van der Waals surface area contributed by atoms with Crippen LogP contribution in [0.5, 0.6) is 0 Å². The maximum absolute atomic E-state index is 11.0. The fourth-order valence-electron chi connectivity index (χ4n) is 1.31. The van der Waals surface area contributed by atoms with Gasteiger partial charge in [0.15, 0.2) is 5.16 Å². The van der Waals surface area contributed by atoms with E-state index in [1.165, 1.54) is 30.4 Å². The first-order valence-electron chi connectivity index (χ1n) is 5.11. The van der Waals surface area contributed by atoms with Crippen LogP contribution in [0.4, 0.5) is 11.6 Å². The van der Waals surface area contributed by atoms with Crippen molar-refractivity contribution < 1.29 is 9.90 Å². The fraction of sp³-hybridized carbons (Fsp3) is 0.100. The number of thioether (sulfide) groups is 1. The Labute approximate surface area is 112 Å². The zero-order chi connectivity index (χ0) is 13.8. The summed E-state index contributed by atoms with van der Waals surface area (Å²) in [5.74, 6) is -0.274. The Balaban J connectivity index is 2.16. The van der Waals surface area contributed by atoms with E-state index in [0.29, 0.717) is 10.9 Å². The van der Waals surface area contributed by atoms with Gasteiger partial charge in [0.1, 0.15) is 23.5 Å². The average Bonchev–Trinajstić information content (AvgIpc) is 2.35. The van der Waals surface area contributed by atoms with Crippen LogP contribution in [0.3, 0.4) is 0 Å². The van der Waals surface area contributed by atoms with Crippen LogP contribution in [0.25, 0.3) is 0 Å². The Morgan fingerprint density at radius 1 is 1.32 bits per heavy atom. The second kappa shape index (κ2) is 5.48. The zero-order valence-electron chi connectivity index (χ0n) is 9.65. The molecule has 8 nitrogen and oxygen atoms in total. The van der Waals surface area contributed by atoms with Crippen LogP contribution < -0.4 is 11.5 Å². The Kier molecular flexibility index (Phi) is 3.76. The summed E-state index contributed by atoms with van der Waals surface area (Å²) in [4.78, 5) is 26.6. The van der Waals surface area contributed by atoms with Gasteiger partial charge in [0.2, 0.25) is 0 Å². The standard InChI is InChI=1S/C10H10N6O2S/c11-7-1-8(12)16-10(15-7)19-3-6-5(9(17)18)2-13-4-14-6/h1-2,4H,3H2,(H,17,18)(H4,11,12,15,16). The maximum atomic E-state index is 11.0. The van der Waals surface area contributed by atoms with Gasteiger partial charge in [-0.05, 0) is 0 Å². The van der Waals surface area contributed by atoms with Gasteiger partial charge in [-0.1, -0.05) is 11.8 Å². The summed E-state index contributed by atoms with van der Waals surface area (Å²) in [5.41, 5.74) is 11.5. The first kappa shape index (κ1) is 13.0. The summed E-state index contributed by atoms with van der Waals surface area (Å²) in [5, 5.41) is 9.36. The van der Waals surface area contributed by atoms with Gasteiger partial charge in [-0.2, -0.15) is 0 Å². The molecule has 2 aromatic rings. The number of carbonyl (C=O) groups is 1. The van der Waals surface area contributed by atoms with Gasteiger partial charge in [-0.25, -0.2) is 24.7 Å². The molecule has 0 aromatic carbocycles. The Hall–Kier alpha value is -2.42. The van der Waals surface area contributed by atoms with Crippen molar-refractivity contribution in [2.75, 3.05) is 11.5 Å². The molecule has 98 valence electrons. The van der Waals surface area contributed by atoms with Crippen LogP contribution in [0.1, 0.15) is 16.1 Å². The van der Waals surface area contributed by atoms with Crippen LogP contribution in [-0.2, 0) is 5.75 Å². The molecule has 0 aliphatic rings. The summed E-state index contributed by atoms with van der Waals surface area (Å²) in [6, 6.07) is 1.44. The van der Waals surface area contributed by atoms with Crippen LogP contribution in [0.2, 0.25) is 0 Å². The Bertz CT molecular complexity index is 600. The SMILES string of the molecule is Nc1cc(N)nc(SCc2ncncc2C(=O)O)n1. The van der Waals surface area contributed by atoms with E-state index in [-0.39, 0.29) is 23.0 Å². The van der Waals surface area contributed by atoms with E-state index < -0.39 is 5.97 Å². The van der Waals surface area contributed by atoms with E-state index in [2.05, 4.69) is 19.9 Å². The molecule has 0 bridgehead atoms. The van der Waals surface area contributed by atoms with Gasteiger partial charge < -0.3 is 16.6 Å². The molecule has 0 fully saturated rings. The number of carboxylic acid groups (broad SMARTS) is 1. The third-order valence-electron chi connectivity index (χ3n) is 2.11. The van der Waals surface area contributed by atoms with Gasteiger partial charge in [-0.15, -0.1) is 0 Å². The third-order valence-corrected chi connectivity index (χ3v) is 2.97. The van der Waals surface area contributed by atoms with Crippen LogP contribution in [0, 0.1) is 0 Å². The molecule has 2 heterocycles. The molecule has 9 heteroatoms. The zero-order valence-corrected chi connectivity index (χ0v) is 10.5. The molecule has 0 spiro atoms. The predicted octanol–water partition coefficient (Wildman–Crippen LogP) is 0.422. The molecule has 0 unspecified atom stereocenters. The van der Waals surface area contributed by atoms with E-state index in [0.717, 1.165) is 0 Å². The summed E-state index contributed by atoms with van der Waals surface area (Å²) < 4.78 is 0. The minimum atomic E-state index is -1.08. The monoisotopic (exact) mass is 278 g/mol. The average molecular weight is 278 g/mol. The molecule has 0 atom stereocenters. The van der Waals surface area contributed by atoms with Crippen LogP contribution in [0.15, 0.2) is 23.7 Å². The number of aromatic carboxylic acids is 1. The highest BCUT2D eigenvalue weighted by Gasteiger charge is 2.12. The molecule has 19 heavy (non-hydrogen) atoms. The predicted molar refractivity (Wildman–Crippen MR) is 69.4 cm³/mol. The molecule has 2 rings (SSSR count). The van der Waals surface area contributed by atoms with Gasteiger partial charge in [0.05, 0.1) is 5.69 Å². The highest BCUT2D eigenvalue weighted by molar-refractivity contribution is 7.98. The first-order chi connectivity index (χ1) is 9.06. The van der Waals surface area contributed by atoms with Crippen LogP contribution in [-0.4, -0.2) is 31.0 Å². The quantitative estimate of drug-likeness (QED) is 0.535. The van der Waals surface area contributed by atoms with Crippen molar-refractivity contribution in [3.8, 4) is 0 Å². The van der Waals surface area contributed by atoms with Crippen molar-refractivity contribution >= 4 is 29.4 Å². The molecular formula is C10H10N6O2S. The van der Waals surface area contributed by atoms with Gasteiger partial charge in [0, 0.05) is 18.0 Å². The van der Waals surface area contributed by atoms with Crippen molar-refractivity contribution in [1.29, 1.82) is 0 Å². The Morgan fingerprint density at radius 3 is 2.63 bits per heavy atom. The molecular weight excluding hydrogens is 268 g/mol. The van der Waals surface area contributed by atoms with E-state index >= 15 is 0 Å². The highest BCUT2D eigenvalue weighted by Crippen LogP contribution is 2.21. The number of rotatable bonds is 4. The largest absolute Gasteiger partial charge is 0.478 e. The number of nitrogen functional groups attached to an aromatic ring is 2. The van der Waals surface area contributed by atoms with Crippen molar-refractivity contribution in [2.45, 2.75) is 10.9 Å². The second-order valence-electron chi connectivity index (χ2n) is 3.48.